The maximum absolute atomic E-state index is 11.4. The fraction of sp³-hybridized carbons (Fsp3) is 0.300. The van der Waals surface area contributed by atoms with E-state index < -0.39 is 12.3 Å². The molecule has 5 heteroatoms. The number of benzene rings is 1. The Bertz CT molecular complexity index is 416. The van der Waals surface area contributed by atoms with Crippen LogP contribution in [0.3, 0.4) is 0 Å². The van der Waals surface area contributed by atoms with Crippen molar-refractivity contribution in [1.82, 2.24) is 0 Å². The van der Waals surface area contributed by atoms with Crippen LogP contribution in [0.25, 0.3) is 0 Å². The van der Waals surface area contributed by atoms with Gasteiger partial charge in [0.2, 0.25) is 6.29 Å². The fourth-order valence-corrected chi connectivity index (χ4v) is 2.05. The molecule has 2 rings (SSSR count). The van der Waals surface area contributed by atoms with E-state index in [0.717, 1.165) is 4.47 Å². The van der Waals surface area contributed by atoms with E-state index in [4.69, 9.17) is 4.74 Å². The predicted molar refractivity (Wildman–Crippen MR) is 55.8 cm³/mol. The third-order valence-electron chi connectivity index (χ3n) is 2.25. The highest BCUT2D eigenvalue weighted by Crippen LogP contribution is 2.37. The van der Waals surface area contributed by atoms with Crippen LogP contribution < -0.4 is 4.74 Å². The number of hydrogen-bond acceptors (Lipinski definition) is 4. The molecular formula is C10H9BrO4. The Hall–Kier alpha value is -1.07. The van der Waals surface area contributed by atoms with Crippen molar-refractivity contribution in [3.63, 3.8) is 0 Å². The van der Waals surface area contributed by atoms with Gasteiger partial charge in [-0.05, 0) is 28.1 Å². The molecule has 0 fully saturated rings. The smallest absolute Gasteiger partial charge is 0.338 e. The molecule has 1 heterocycles. The molecule has 0 aromatic heterocycles. The lowest BCUT2D eigenvalue weighted by atomic mass is 10.1. The first-order valence-corrected chi connectivity index (χ1v) is 5.17. The van der Waals surface area contributed by atoms with Crippen molar-refractivity contribution >= 4 is 21.9 Å². The highest BCUT2D eigenvalue weighted by atomic mass is 79.9. The molecule has 0 saturated carbocycles. The van der Waals surface area contributed by atoms with Gasteiger partial charge in [-0.2, -0.15) is 0 Å². The Morgan fingerprint density at radius 3 is 3.07 bits per heavy atom. The molecule has 1 aliphatic rings. The van der Waals surface area contributed by atoms with E-state index in [1.165, 1.54) is 7.11 Å². The lowest BCUT2D eigenvalue weighted by molar-refractivity contribution is 0.00170. The summed E-state index contributed by atoms with van der Waals surface area (Å²) in [6.07, 6.45) is -0.582. The number of carbonyl (C=O) groups is 1. The van der Waals surface area contributed by atoms with Crippen LogP contribution in [0.15, 0.2) is 16.6 Å². The van der Waals surface area contributed by atoms with Crippen molar-refractivity contribution in [3.05, 3.63) is 27.7 Å². The lowest BCUT2D eigenvalue weighted by Crippen LogP contribution is -2.11. The number of carbonyl (C=O) groups excluding carboxylic acids is 1. The number of rotatable bonds is 1. The summed E-state index contributed by atoms with van der Waals surface area (Å²) in [5.41, 5.74) is 1.12. The zero-order chi connectivity index (χ0) is 11.0. The van der Waals surface area contributed by atoms with Gasteiger partial charge in [0.1, 0.15) is 5.75 Å². The van der Waals surface area contributed by atoms with Crippen LogP contribution in [-0.4, -0.2) is 24.5 Å². The van der Waals surface area contributed by atoms with Crippen molar-refractivity contribution in [2.45, 2.75) is 12.7 Å². The summed E-state index contributed by atoms with van der Waals surface area (Å²) in [7, 11) is 1.32. The van der Waals surface area contributed by atoms with Crippen LogP contribution in [0.2, 0.25) is 0 Å². The number of methoxy groups -OCH3 is 1. The summed E-state index contributed by atoms with van der Waals surface area (Å²) in [4.78, 5) is 11.4. The first kappa shape index (κ1) is 10.4. The van der Waals surface area contributed by atoms with Crippen LogP contribution in [0.5, 0.6) is 5.75 Å². The van der Waals surface area contributed by atoms with Crippen LogP contribution in [-0.2, 0) is 11.2 Å². The first-order chi connectivity index (χ1) is 7.13. The molecular weight excluding hydrogens is 264 g/mol. The minimum Gasteiger partial charge on any atom is -0.465 e. The van der Waals surface area contributed by atoms with E-state index in [2.05, 4.69) is 20.7 Å². The van der Waals surface area contributed by atoms with Crippen molar-refractivity contribution < 1.29 is 19.4 Å². The second-order valence-electron chi connectivity index (χ2n) is 3.17. The number of halogens is 1. The van der Waals surface area contributed by atoms with Gasteiger partial charge in [-0.1, -0.05) is 0 Å². The quantitative estimate of drug-likeness (QED) is 0.787. The van der Waals surface area contributed by atoms with Gasteiger partial charge in [-0.3, -0.25) is 0 Å². The zero-order valence-electron chi connectivity index (χ0n) is 7.99. The molecule has 0 saturated heterocycles. The summed E-state index contributed by atoms with van der Waals surface area (Å²) in [6, 6.07) is 3.35. The first-order valence-electron chi connectivity index (χ1n) is 4.38. The summed E-state index contributed by atoms with van der Waals surface area (Å²) >= 11 is 3.29. The Morgan fingerprint density at radius 1 is 1.67 bits per heavy atom. The average molecular weight is 273 g/mol. The van der Waals surface area contributed by atoms with Gasteiger partial charge < -0.3 is 14.6 Å². The molecule has 0 spiro atoms. The number of aliphatic hydroxyl groups is 1. The van der Waals surface area contributed by atoms with E-state index >= 15 is 0 Å². The molecule has 0 amide bonds. The van der Waals surface area contributed by atoms with E-state index in [1.807, 2.05) is 0 Å². The van der Waals surface area contributed by atoms with Gasteiger partial charge in [0.25, 0.3) is 0 Å². The van der Waals surface area contributed by atoms with Crippen LogP contribution in [0, 0.1) is 0 Å². The third-order valence-corrected chi connectivity index (χ3v) is 2.87. The molecule has 1 aliphatic heterocycles. The highest BCUT2D eigenvalue weighted by molar-refractivity contribution is 9.10. The molecule has 0 radical (unpaired) electrons. The number of ether oxygens (including phenoxy) is 2. The molecule has 4 nitrogen and oxygen atoms in total. The SMILES string of the molecule is COC(=O)c1ccc(Br)c2c1C[C@@H](O)O2. The Morgan fingerprint density at radius 2 is 2.40 bits per heavy atom. The van der Waals surface area contributed by atoms with Gasteiger partial charge in [-0.25, -0.2) is 4.79 Å². The lowest BCUT2D eigenvalue weighted by Gasteiger charge is -2.06. The maximum atomic E-state index is 11.4. The third kappa shape index (κ3) is 1.72. The second-order valence-corrected chi connectivity index (χ2v) is 4.03. The van der Waals surface area contributed by atoms with E-state index in [-0.39, 0.29) is 0 Å². The van der Waals surface area contributed by atoms with Crippen molar-refractivity contribution in [1.29, 1.82) is 0 Å². The standard InChI is InChI=1S/C10H9BrO4/c1-14-10(13)5-2-3-7(11)9-6(5)4-8(12)15-9/h2-3,8,12H,4H2,1H3/t8-/m0/s1. The van der Waals surface area contributed by atoms with Gasteiger partial charge in [0.15, 0.2) is 0 Å². The molecule has 1 aromatic carbocycles. The average Bonchev–Trinajstić information content (AvgIpc) is 2.60. The minimum atomic E-state index is -0.887. The molecule has 0 bridgehead atoms. The van der Waals surface area contributed by atoms with Crippen LogP contribution >= 0.6 is 15.9 Å². The number of aliphatic hydroxyl groups excluding tert-OH is 1. The van der Waals surface area contributed by atoms with Gasteiger partial charge in [-0.15, -0.1) is 0 Å². The topological polar surface area (TPSA) is 55.8 Å². The van der Waals surface area contributed by atoms with Gasteiger partial charge in [0.05, 0.1) is 17.1 Å². The second kappa shape index (κ2) is 3.83. The fourth-order valence-electron chi connectivity index (χ4n) is 1.58. The van der Waals surface area contributed by atoms with E-state index in [1.54, 1.807) is 12.1 Å². The van der Waals surface area contributed by atoms with Crippen molar-refractivity contribution in [2.24, 2.45) is 0 Å². The van der Waals surface area contributed by atoms with Gasteiger partial charge >= 0.3 is 5.97 Å². The van der Waals surface area contributed by atoms with Crippen LogP contribution in [0.4, 0.5) is 0 Å². The molecule has 1 atom stereocenters. The number of hydrogen-bond donors (Lipinski definition) is 1. The predicted octanol–water partition coefficient (Wildman–Crippen LogP) is 1.49. The summed E-state index contributed by atoms with van der Waals surface area (Å²) in [6.45, 7) is 0. The van der Waals surface area contributed by atoms with Crippen molar-refractivity contribution in [3.8, 4) is 5.75 Å². The minimum absolute atomic E-state index is 0.305. The Labute approximate surface area is 94.9 Å². The summed E-state index contributed by atoms with van der Waals surface area (Å²) in [5.74, 6) is 0.0989. The maximum Gasteiger partial charge on any atom is 0.338 e. The normalized spacial score (nSPS) is 18.2. The molecule has 80 valence electrons. The highest BCUT2D eigenvalue weighted by Gasteiger charge is 2.28. The molecule has 0 unspecified atom stereocenters. The molecule has 15 heavy (non-hydrogen) atoms. The Balaban J connectivity index is 2.52. The van der Waals surface area contributed by atoms with E-state index in [0.29, 0.717) is 23.3 Å². The zero-order valence-corrected chi connectivity index (χ0v) is 9.58. The molecule has 1 N–H and O–H groups in total. The summed E-state index contributed by atoms with van der Waals surface area (Å²) < 4.78 is 10.5. The van der Waals surface area contributed by atoms with Crippen molar-refractivity contribution in [2.75, 3.05) is 7.11 Å². The molecule has 1 aromatic rings. The monoisotopic (exact) mass is 272 g/mol. The summed E-state index contributed by atoms with van der Waals surface area (Å²) in [5, 5.41) is 9.36. The molecule has 0 aliphatic carbocycles. The van der Waals surface area contributed by atoms with E-state index in [9.17, 15) is 9.90 Å². The van der Waals surface area contributed by atoms with Crippen LogP contribution in [0.1, 0.15) is 15.9 Å². The Kier molecular flexibility index (Phi) is 2.67. The van der Waals surface area contributed by atoms with Gasteiger partial charge in [0, 0.05) is 12.0 Å². The largest absolute Gasteiger partial charge is 0.465 e. The number of esters is 1. The number of fused-ring (bicyclic) bond motifs is 1.